The van der Waals surface area contributed by atoms with Gasteiger partial charge in [0.05, 0.1) is 6.04 Å². The fraction of sp³-hybridized carbons (Fsp3) is 0.381. The minimum atomic E-state index is -0.388. The fourth-order valence-corrected chi connectivity index (χ4v) is 3.36. The second kappa shape index (κ2) is 6.31. The van der Waals surface area contributed by atoms with Gasteiger partial charge in [0.1, 0.15) is 0 Å². The molecule has 0 bridgehead atoms. The molecule has 0 aliphatic carbocycles. The highest BCUT2D eigenvalue weighted by atomic mass is 16.2. The van der Waals surface area contributed by atoms with E-state index in [0.29, 0.717) is 0 Å². The Morgan fingerprint density at radius 3 is 2.33 bits per heavy atom. The van der Waals surface area contributed by atoms with Crippen LogP contribution in [0.3, 0.4) is 0 Å². The number of para-hydroxylation sites is 2. The Morgan fingerprint density at radius 2 is 1.67 bits per heavy atom. The number of carbonyl (C=O) groups is 1. The molecule has 0 unspecified atom stereocenters. The first kappa shape index (κ1) is 16.6. The molecule has 3 heteroatoms. The van der Waals surface area contributed by atoms with Gasteiger partial charge < -0.3 is 10.2 Å². The Balaban J connectivity index is 1.97. The van der Waals surface area contributed by atoms with Gasteiger partial charge in [-0.1, -0.05) is 57.2 Å². The van der Waals surface area contributed by atoms with E-state index in [1.54, 1.807) is 0 Å². The Kier molecular flexibility index (Phi) is 4.35. The number of nitrogens with zero attached hydrogens (tertiary/aromatic N) is 1. The summed E-state index contributed by atoms with van der Waals surface area (Å²) >= 11 is 0. The number of nitrogens with one attached hydrogen (secondary N) is 1. The lowest BCUT2D eigenvalue weighted by molar-refractivity contribution is -0.126. The summed E-state index contributed by atoms with van der Waals surface area (Å²) in [5, 5.41) is 3.63. The predicted octanol–water partition coefficient (Wildman–Crippen LogP) is 5.01. The van der Waals surface area contributed by atoms with Gasteiger partial charge >= 0.3 is 0 Å². The van der Waals surface area contributed by atoms with Gasteiger partial charge in [0.25, 0.3) is 0 Å². The van der Waals surface area contributed by atoms with Crippen molar-refractivity contribution in [2.45, 2.75) is 46.2 Å². The minimum absolute atomic E-state index is 0.160. The van der Waals surface area contributed by atoms with Crippen molar-refractivity contribution < 1.29 is 4.79 Å². The quantitative estimate of drug-likeness (QED) is 0.843. The van der Waals surface area contributed by atoms with Crippen molar-refractivity contribution in [1.82, 2.24) is 0 Å². The number of benzene rings is 2. The monoisotopic (exact) mass is 322 g/mol. The Bertz CT molecular complexity index is 718. The molecule has 1 N–H and O–H groups in total. The fourth-order valence-electron chi connectivity index (χ4n) is 3.36. The van der Waals surface area contributed by atoms with Crippen LogP contribution in [-0.2, 0) is 4.79 Å². The highest BCUT2D eigenvalue weighted by Crippen LogP contribution is 2.40. The first-order valence-electron chi connectivity index (χ1n) is 8.62. The maximum absolute atomic E-state index is 13.0. The summed E-state index contributed by atoms with van der Waals surface area (Å²) < 4.78 is 0. The van der Waals surface area contributed by atoms with E-state index >= 15 is 0 Å². The van der Waals surface area contributed by atoms with Crippen molar-refractivity contribution in [2.24, 2.45) is 5.41 Å². The molecule has 1 aliphatic heterocycles. The normalized spacial score (nSPS) is 20.4. The number of amides is 1. The van der Waals surface area contributed by atoms with E-state index in [1.165, 1.54) is 5.56 Å². The average molecular weight is 322 g/mol. The van der Waals surface area contributed by atoms with Crippen molar-refractivity contribution in [1.29, 1.82) is 0 Å². The lowest BCUT2D eigenvalue weighted by atomic mass is 9.87. The zero-order chi connectivity index (χ0) is 17.3. The van der Waals surface area contributed by atoms with Gasteiger partial charge in [-0.2, -0.15) is 0 Å². The van der Waals surface area contributed by atoms with Crippen molar-refractivity contribution in [3.8, 4) is 0 Å². The molecule has 1 aliphatic rings. The molecule has 0 saturated heterocycles. The summed E-state index contributed by atoms with van der Waals surface area (Å²) in [5.41, 5.74) is 2.95. The first-order valence-corrected chi connectivity index (χ1v) is 8.62. The van der Waals surface area contributed by atoms with Gasteiger partial charge in [0, 0.05) is 22.8 Å². The molecule has 3 rings (SSSR count). The average Bonchev–Trinajstić information content (AvgIpc) is 2.55. The molecule has 2 aromatic rings. The second-order valence-electron chi connectivity index (χ2n) is 7.63. The third-order valence-corrected chi connectivity index (χ3v) is 4.56. The molecule has 0 saturated carbocycles. The molecule has 0 radical (unpaired) electrons. The van der Waals surface area contributed by atoms with Crippen molar-refractivity contribution >= 4 is 17.3 Å². The summed E-state index contributed by atoms with van der Waals surface area (Å²) in [5.74, 6) is 0.181. The lowest BCUT2D eigenvalue weighted by Gasteiger charge is -2.42. The van der Waals surface area contributed by atoms with Gasteiger partial charge in [-0.05, 0) is 37.1 Å². The molecule has 24 heavy (non-hydrogen) atoms. The molecule has 2 aromatic carbocycles. The van der Waals surface area contributed by atoms with Gasteiger partial charge in [0.15, 0.2) is 0 Å². The van der Waals surface area contributed by atoms with Crippen LogP contribution in [0.2, 0.25) is 0 Å². The van der Waals surface area contributed by atoms with E-state index in [-0.39, 0.29) is 23.4 Å². The number of carbonyl (C=O) groups excluding carboxylic acids is 1. The maximum atomic E-state index is 13.0. The van der Waals surface area contributed by atoms with Crippen LogP contribution in [0.25, 0.3) is 0 Å². The third kappa shape index (κ3) is 3.16. The van der Waals surface area contributed by atoms with Gasteiger partial charge in [-0.3, -0.25) is 4.79 Å². The highest BCUT2D eigenvalue weighted by Gasteiger charge is 2.37. The largest absolute Gasteiger partial charge is 0.378 e. The van der Waals surface area contributed by atoms with E-state index < -0.39 is 0 Å². The van der Waals surface area contributed by atoms with E-state index in [4.69, 9.17) is 0 Å². The summed E-state index contributed by atoms with van der Waals surface area (Å²) in [6.45, 7) is 8.09. The van der Waals surface area contributed by atoms with Crippen LogP contribution in [0.1, 0.15) is 45.7 Å². The van der Waals surface area contributed by atoms with Gasteiger partial charge in [-0.25, -0.2) is 0 Å². The smallest absolute Gasteiger partial charge is 0.232 e. The minimum Gasteiger partial charge on any atom is -0.378 e. The van der Waals surface area contributed by atoms with Crippen LogP contribution in [0.5, 0.6) is 0 Å². The summed E-state index contributed by atoms with van der Waals surface area (Å²) in [4.78, 5) is 14.9. The first-order chi connectivity index (χ1) is 11.4. The molecule has 1 amide bonds. The molecule has 0 spiro atoms. The van der Waals surface area contributed by atoms with E-state index in [9.17, 15) is 4.79 Å². The summed E-state index contributed by atoms with van der Waals surface area (Å²) in [6, 6.07) is 18.9. The van der Waals surface area contributed by atoms with Crippen LogP contribution in [-0.4, -0.2) is 11.9 Å². The number of fused-ring (bicyclic) bond motifs is 1. The molecule has 0 fully saturated rings. The van der Waals surface area contributed by atoms with Crippen LogP contribution in [0.4, 0.5) is 11.4 Å². The maximum Gasteiger partial charge on any atom is 0.232 e. The van der Waals surface area contributed by atoms with Crippen molar-refractivity contribution in [3.63, 3.8) is 0 Å². The van der Waals surface area contributed by atoms with Crippen molar-refractivity contribution in [2.75, 3.05) is 10.2 Å². The summed E-state index contributed by atoms with van der Waals surface area (Å²) in [6.07, 6.45) is 0.897. The van der Waals surface area contributed by atoms with Gasteiger partial charge in [-0.15, -0.1) is 0 Å². The zero-order valence-electron chi connectivity index (χ0n) is 14.9. The Morgan fingerprint density at radius 1 is 1.04 bits per heavy atom. The molecular formula is C21H26N2O. The summed E-state index contributed by atoms with van der Waals surface area (Å²) in [7, 11) is 0. The zero-order valence-corrected chi connectivity index (χ0v) is 14.9. The van der Waals surface area contributed by atoms with E-state index in [0.717, 1.165) is 17.8 Å². The number of rotatable bonds is 2. The van der Waals surface area contributed by atoms with E-state index in [1.807, 2.05) is 56.0 Å². The second-order valence-corrected chi connectivity index (χ2v) is 7.63. The highest BCUT2D eigenvalue weighted by molar-refractivity contribution is 5.98. The Hall–Kier alpha value is -2.29. The third-order valence-electron chi connectivity index (χ3n) is 4.56. The van der Waals surface area contributed by atoms with Crippen molar-refractivity contribution in [3.05, 3.63) is 60.2 Å². The number of hydrogen-bond donors (Lipinski definition) is 1. The lowest BCUT2D eigenvalue weighted by Crippen LogP contribution is -2.48. The molecule has 126 valence electrons. The molecule has 2 atom stereocenters. The molecule has 3 nitrogen and oxygen atoms in total. The topological polar surface area (TPSA) is 32.3 Å². The van der Waals surface area contributed by atoms with Gasteiger partial charge in [0.2, 0.25) is 5.91 Å². The number of anilines is 2. The van der Waals surface area contributed by atoms with Crippen LogP contribution >= 0.6 is 0 Å². The molecule has 0 aromatic heterocycles. The Labute approximate surface area is 144 Å². The SMILES string of the molecule is C[C@H]1C[C@@H](Nc2ccccc2)c2ccccc2N1C(=O)C(C)(C)C. The van der Waals surface area contributed by atoms with E-state index in [2.05, 4.69) is 36.5 Å². The molecule has 1 heterocycles. The number of hydrogen-bond acceptors (Lipinski definition) is 2. The standard InChI is InChI=1S/C21H26N2O/c1-15-14-18(22-16-10-6-5-7-11-16)17-12-8-9-13-19(17)23(15)20(24)21(2,3)4/h5-13,15,18,22H,14H2,1-4H3/t15-,18+/m0/s1. The predicted molar refractivity (Wildman–Crippen MR) is 100 cm³/mol. The van der Waals surface area contributed by atoms with Crippen LogP contribution in [0, 0.1) is 5.41 Å². The van der Waals surface area contributed by atoms with Crippen LogP contribution in [0.15, 0.2) is 54.6 Å². The molecular weight excluding hydrogens is 296 g/mol. The van der Waals surface area contributed by atoms with Crippen LogP contribution < -0.4 is 10.2 Å².